The summed E-state index contributed by atoms with van der Waals surface area (Å²) in [6.07, 6.45) is -0.161. The Labute approximate surface area is 112 Å². The molecule has 0 saturated carbocycles. The molecule has 5 nitrogen and oxygen atoms in total. The van der Waals surface area contributed by atoms with Crippen LogP contribution < -0.4 is 5.32 Å². The molecule has 0 aromatic heterocycles. The van der Waals surface area contributed by atoms with Crippen molar-refractivity contribution in [2.75, 3.05) is 6.54 Å². The van der Waals surface area contributed by atoms with E-state index < -0.39 is 12.0 Å². The number of nitrogens with one attached hydrogen (secondary N) is 1. The van der Waals surface area contributed by atoms with E-state index in [4.69, 9.17) is 5.11 Å². The van der Waals surface area contributed by atoms with Crippen LogP contribution in [-0.2, 0) is 16.1 Å². The van der Waals surface area contributed by atoms with E-state index in [2.05, 4.69) is 5.32 Å². The van der Waals surface area contributed by atoms with Crippen molar-refractivity contribution >= 4 is 11.9 Å². The summed E-state index contributed by atoms with van der Waals surface area (Å²) in [5.74, 6) is -1.15. The predicted molar refractivity (Wildman–Crippen MR) is 70.5 cm³/mol. The zero-order valence-electron chi connectivity index (χ0n) is 10.9. The first-order valence-electron chi connectivity index (χ1n) is 6.36. The van der Waals surface area contributed by atoms with E-state index in [0.717, 1.165) is 5.56 Å². The summed E-state index contributed by atoms with van der Waals surface area (Å²) in [6, 6.07) is 9.23. The molecule has 1 fully saturated rings. The number of aliphatic carboxylic acids is 1. The number of carbonyl (C=O) groups is 2. The molecule has 2 N–H and O–H groups in total. The van der Waals surface area contributed by atoms with E-state index in [9.17, 15) is 9.59 Å². The van der Waals surface area contributed by atoms with E-state index in [1.54, 1.807) is 0 Å². The Morgan fingerprint density at radius 3 is 2.74 bits per heavy atom. The third kappa shape index (κ3) is 3.54. The van der Waals surface area contributed by atoms with Gasteiger partial charge in [0, 0.05) is 19.1 Å². The normalized spacial score (nSPS) is 23.9. The second-order valence-electron chi connectivity index (χ2n) is 4.94. The van der Waals surface area contributed by atoms with Crippen molar-refractivity contribution in [1.29, 1.82) is 0 Å². The molecule has 1 heterocycles. The molecule has 1 aliphatic heterocycles. The van der Waals surface area contributed by atoms with Crippen molar-refractivity contribution in [3.63, 3.8) is 0 Å². The van der Waals surface area contributed by atoms with Gasteiger partial charge in [0.25, 0.3) is 0 Å². The summed E-state index contributed by atoms with van der Waals surface area (Å²) in [4.78, 5) is 24.7. The number of carboxylic acids is 1. The Hall–Kier alpha value is -1.88. The lowest BCUT2D eigenvalue weighted by Gasteiger charge is -2.37. The number of amides is 1. The van der Waals surface area contributed by atoms with E-state index in [-0.39, 0.29) is 18.4 Å². The molecule has 1 aliphatic rings. The highest BCUT2D eigenvalue weighted by Gasteiger charge is 2.34. The largest absolute Gasteiger partial charge is 0.481 e. The zero-order valence-corrected chi connectivity index (χ0v) is 10.9. The van der Waals surface area contributed by atoms with Crippen LogP contribution in [0.4, 0.5) is 0 Å². The molecular formula is C14H18N2O3. The fourth-order valence-electron chi connectivity index (χ4n) is 2.41. The minimum atomic E-state index is -0.951. The number of benzene rings is 1. The summed E-state index contributed by atoms with van der Waals surface area (Å²) in [5.41, 5.74) is 1.08. The van der Waals surface area contributed by atoms with Crippen LogP contribution in [0.2, 0.25) is 0 Å². The maximum atomic E-state index is 11.9. The summed E-state index contributed by atoms with van der Waals surface area (Å²) in [5, 5.41) is 11.7. The first-order valence-corrected chi connectivity index (χ1v) is 6.36. The third-order valence-electron chi connectivity index (χ3n) is 3.24. The van der Waals surface area contributed by atoms with Crippen LogP contribution in [0.3, 0.4) is 0 Å². The van der Waals surface area contributed by atoms with Gasteiger partial charge in [-0.05, 0) is 12.5 Å². The van der Waals surface area contributed by atoms with Gasteiger partial charge in [-0.25, -0.2) is 0 Å². The lowest BCUT2D eigenvalue weighted by Crippen LogP contribution is -2.59. The summed E-state index contributed by atoms with van der Waals surface area (Å²) < 4.78 is 0. The molecule has 1 aromatic carbocycles. The highest BCUT2D eigenvalue weighted by atomic mass is 16.4. The number of hydrogen-bond donors (Lipinski definition) is 2. The fourth-order valence-corrected chi connectivity index (χ4v) is 2.41. The fraction of sp³-hybridized carbons (Fsp3) is 0.429. The Morgan fingerprint density at radius 2 is 2.11 bits per heavy atom. The number of hydrogen-bond acceptors (Lipinski definition) is 3. The van der Waals surface area contributed by atoms with Crippen molar-refractivity contribution in [2.45, 2.75) is 32.0 Å². The van der Waals surface area contributed by atoms with Gasteiger partial charge in [0.2, 0.25) is 5.91 Å². The second kappa shape index (κ2) is 5.84. The first kappa shape index (κ1) is 13.5. The Balaban J connectivity index is 2.13. The predicted octanol–water partition coefficient (Wildman–Crippen LogP) is 0.850. The van der Waals surface area contributed by atoms with E-state index in [0.29, 0.717) is 13.1 Å². The number of carboxylic acid groups (broad SMARTS) is 1. The molecule has 5 heteroatoms. The van der Waals surface area contributed by atoms with Gasteiger partial charge in [-0.3, -0.25) is 14.5 Å². The highest BCUT2D eigenvalue weighted by molar-refractivity contribution is 5.87. The monoisotopic (exact) mass is 262 g/mol. The molecule has 2 atom stereocenters. The Bertz CT molecular complexity index is 461. The van der Waals surface area contributed by atoms with Crippen LogP contribution >= 0.6 is 0 Å². The average molecular weight is 262 g/mol. The minimum Gasteiger partial charge on any atom is -0.481 e. The summed E-state index contributed by atoms with van der Waals surface area (Å²) in [6.45, 7) is 3.18. The molecule has 0 spiro atoms. The van der Waals surface area contributed by atoms with Gasteiger partial charge in [0.15, 0.2) is 0 Å². The molecule has 0 bridgehead atoms. The van der Waals surface area contributed by atoms with Crippen LogP contribution in [0, 0.1) is 0 Å². The third-order valence-corrected chi connectivity index (χ3v) is 3.24. The maximum Gasteiger partial charge on any atom is 0.305 e. The number of rotatable bonds is 4. The second-order valence-corrected chi connectivity index (χ2v) is 4.94. The van der Waals surface area contributed by atoms with Crippen molar-refractivity contribution in [2.24, 2.45) is 0 Å². The molecule has 1 amide bonds. The highest BCUT2D eigenvalue weighted by Crippen LogP contribution is 2.15. The van der Waals surface area contributed by atoms with Crippen LogP contribution in [0.15, 0.2) is 30.3 Å². The Kier molecular flexibility index (Phi) is 4.16. The molecular weight excluding hydrogens is 244 g/mol. The van der Waals surface area contributed by atoms with Crippen molar-refractivity contribution in [1.82, 2.24) is 10.2 Å². The van der Waals surface area contributed by atoms with Gasteiger partial charge in [-0.1, -0.05) is 30.3 Å². The molecule has 1 saturated heterocycles. The number of piperazine rings is 1. The zero-order chi connectivity index (χ0) is 13.8. The van der Waals surface area contributed by atoms with Gasteiger partial charge in [-0.15, -0.1) is 0 Å². The van der Waals surface area contributed by atoms with Gasteiger partial charge < -0.3 is 10.4 Å². The number of carbonyl (C=O) groups excluding carboxylic acids is 1. The van der Waals surface area contributed by atoms with Crippen molar-refractivity contribution in [3.05, 3.63) is 35.9 Å². The average Bonchev–Trinajstić information content (AvgIpc) is 2.34. The van der Waals surface area contributed by atoms with Crippen molar-refractivity contribution < 1.29 is 14.7 Å². The summed E-state index contributed by atoms with van der Waals surface area (Å²) in [7, 11) is 0. The molecule has 102 valence electrons. The smallest absolute Gasteiger partial charge is 0.305 e. The van der Waals surface area contributed by atoms with Crippen molar-refractivity contribution in [3.8, 4) is 0 Å². The van der Waals surface area contributed by atoms with E-state index >= 15 is 0 Å². The molecule has 2 unspecified atom stereocenters. The first-order chi connectivity index (χ1) is 9.06. The van der Waals surface area contributed by atoms with E-state index in [1.807, 2.05) is 42.2 Å². The number of nitrogens with zero attached hydrogens (tertiary/aromatic N) is 1. The minimum absolute atomic E-state index is 0.0428. The SMILES string of the molecule is CC1CN(Cc2ccccc2)C(CC(=O)O)C(=O)N1. The molecule has 0 radical (unpaired) electrons. The van der Waals surface area contributed by atoms with Gasteiger partial charge in [0.1, 0.15) is 6.04 Å². The van der Waals surface area contributed by atoms with Gasteiger partial charge >= 0.3 is 5.97 Å². The maximum absolute atomic E-state index is 11.9. The van der Waals surface area contributed by atoms with Crippen LogP contribution in [0.5, 0.6) is 0 Å². The quantitative estimate of drug-likeness (QED) is 0.844. The van der Waals surface area contributed by atoms with Gasteiger partial charge in [0.05, 0.1) is 6.42 Å². The van der Waals surface area contributed by atoms with Crippen LogP contribution in [0.1, 0.15) is 18.9 Å². The lowest BCUT2D eigenvalue weighted by molar-refractivity contribution is -0.144. The molecule has 1 aromatic rings. The molecule has 19 heavy (non-hydrogen) atoms. The van der Waals surface area contributed by atoms with Crippen LogP contribution in [-0.4, -0.2) is 40.5 Å². The van der Waals surface area contributed by atoms with Crippen LogP contribution in [0.25, 0.3) is 0 Å². The van der Waals surface area contributed by atoms with E-state index in [1.165, 1.54) is 0 Å². The summed E-state index contributed by atoms with van der Waals surface area (Å²) >= 11 is 0. The molecule has 0 aliphatic carbocycles. The topological polar surface area (TPSA) is 69.6 Å². The lowest BCUT2D eigenvalue weighted by atomic mass is 10.0. The standard InChI is InChI=1S/C14H18N2O3/c1-10-8-16(9-11-5-3-2-4-6-11)12(7-13(17)18)14(19)15-10/h2-6,10,12H,7-9H2,1H3,(H,15,19)(H,17,18). The molecule has 2 rings (SSSR count). The van der Waals surface area contributed by atoms with Gasteiger partial charge in [-0.2, -0.15) is 0 Å². The Morgan fingerprint density at radius 1 is 1.42 bits per heavy atom.